The van der Waals surface area contributed by atoms with Crippen LogP contribution in [0.2, 0.25) is 0 Å². The summed E-state index contributed by atoms with van der Waals surface area (Å²) in [6.45, 7) is 0. The average Bonchev–Trinajstić information content (AvgIpc) is 2.18. The number of nitrogens with two attached hydrogens (primary N) is 2. The molecule has 0 aliphatic carbocycles. The Hall–Kier alpha value is -1.82. The maximum absolute atomic E-state index is 7.32. The Balaban J connectivity index is 3.02. The van der Waals surface area contributed by atoms with E-state index in [0.29, 0.717) is 11.4 Å². The third-order valence-corrected chi connectivity index (χ3v) is 1.97. The van der Waals surface area contributed by atoms with Gasteiger partial charge in [0.05, 0.1) is 12.8 Å². The summed E-state index contributed by atoms with van der Waals surface area (Å²) in [5.74, 6) is 0.498. The third-order valence-electron chi connectivity index (χ3n) is 1.79. The zero-order valence-corrected chi connectivity index (χ0v) is 9.04. The second kappa shape index (κ2) is 4.61. The molecule has 1 rings (SSSR count). The Bertz CT molecular complexity index is 362. The number of benzene rings is 1. The first-order chi connectivity index (χ1) is 7.06. The minimum atomic E-state index is -0.215. The van der Waals surface area contributed by atoms with Gasteiger partial charge in [0, 0.05) is 0 Å². The molecule has 0 aliphatic heterocycles. The second-order valence-electron chi connectivity index (χ2n) is 2.76. The van der Waals surface area contributed by atoms with E-state index in [0.717, 1.165) is 0 Å². The lowest BCUT2D eigenvalue weighted by molar-refractivity contribution is 0.415. The van der Waals surface area contributed by atoms with E-state index in [1.807, 2.05) is 0 Å². The van der Waals surface area contributed by atoms with E-state index >= 15 is 0 Å². The van der Waals surface area contributed by atoms with Gasteiger partial charge < -0.3 is 16.2 Å². The van der Waals surface area contributed by atoms with Gasteiger partial charge in [0.25, 0.3) is 0 Å². The predicted octanol–water partition coefficient (Wildman–Crippen LogP) is 0.639. The highest BCUT2D eigenvalue weighted by Crippen LogP contribution is 2.18. The summed E-state index contributed by atoms with van der Waals surface area (Å²) < 4.78 is 5.00. The zero-order chi connectivity index (χ0) is 11.4. The number of methoxy groups -OCH3 is 1. The first kappa shape index (κ1) is 11.3. The SMILES string of the molecule is COc1ccc(N(C(=N)N)C(N)=S)cc1. The normalized spacial score (nSPS) is 9.40. The molecule has 0 atom stereocenters. The van der Waals surface area contributed by atoms with Crippen molar-refractivity contribution in [3.05, 3.63) is 24.3 Å². The minimum Gasteiger partial charge on any atom is -0.497 e. The maximum atomic E-state index is 7.32. The van der Waals surface area contributed by atoms with E-state index in [9.17, 15) is 0 Å². The number of guanidine groups is 1. The van der Waals surface area contributed by atoms with Crippen molar-refractivity contribution >= 4 is 29.0 Å². The highest BCUT2D eigenvalue weighted by molar-refractivity contribution is 7.80. The summed E-state index contributed by atoms with van der Waals surface area (Å²) in [7, 11) is 1.57. The lowest BCUT2D eigenvalue weighted by atomic mass is 10.3. The number of thiocarbonyl (C=S) groups is 1. The fraction of sp³-hybridized carbons (Fsp3) is 0.111. The monoisotopic (exact) mass is 224 g/mol. The Morgan fingerprint density at radius 1 is 1.33 bits per heavy atom. The Morgan fingerprint density at radius 3 is 2.20 bits per heavy atom. The largest absolute Gasteiger partial charge is 0.497 e. The zero-order valence-electron chi connectivity index (χ0n) is 8.23. The molecular weight excluding hydrogens is 212 g/mol. The Kier molecular flexibility index (Phi) is 3.46. The van der Waals surface area contributed by atoms with Gasteiger partial charge in [-0.15, -0.1) is 0 Å². The van der Waals surface area contributed by atoms with Crippen LogP contribution in [0, 0.1) is 5.41 Å². The Labute approximate surface area is 93.1 Å². The standard InChI is InChI=1S/C9H12N4OS/c1-14-7-4-2-6(3-5-7)13(8(10)11)9(12)15/h2-5H,1H3,(H3,10,11)(H2,12,15). The number of rotatable bonds is 2. The fourth-order valence-electron chi connectivity index (χ4n) is 1.12. The molecule has 80 valence electrons. The lowest BCUT2D eigenvalue weighted by Gasteiger charge is -2.20. The number of nitrogens with zero attached hydrogens (tertiary/aromatic N) is 1. The minimum absolute atomic E-state index is 0.0349. The van der Waals surface area contributed by atoms with Crippen LogP contribution in [0.1, 0.15) is 0 Å². The van der Waals surface area contributed by atoms with Crippen molar-refractivity contribution in [3.63, 3.8) is 0 Å². The molecule has 0 unspecified atom stereocenters. The summed E-state index contributed by atoms with van der Waals surface area (Å²) in [6, 6.07) is 6.92. The molecule has 0 aromatic heterocycles. The smallest absolute Gasteiger partial charge is 0.199 e. The molecule has 0 heterocycles. The first-order valence-electron chi connectivity index (χ1n) is 4.14. The van der Waals surface area contributed by atoms with Crippen molar-refractivity contribution in [1.82, 2.24) is 0 Å². The molecular formula is C9H12N4OS. The molecule has 0 radical (unpaired) electrons. The summed E-state index contributed by atoms with van der Waals surface area (Å²) >= 11 is 4.79. The van der Waals surface area contributed by atoms with Crippen LogP contribution in [0.5, 0.6) is 5.75 Å². The van der Waals surface area contributed by atoms with E-state index in [1.165, 1.54) is 4.90 Å². The van der Waals surface area contributed by atoms with Crippen LogP contribution in [0.15, 0.2) is 24.3 Å². The fourth-order valence-corrected chi connectivity index (χ4v) is 1.32. The van der Waals surface area contributed by atoms with E-state index in [4.69, 9.17) is 33.8 Å². The molecule has 0 spiro atoms. The molecule has 0 bridgehead atoms. The Morgan fingerprint density at radius 2 is 1.87 bits per heavy atom. The predicted molar refractivity (Wildman–Crippen MR) is 64.2 cm³/mol. The van der Waals surface area contributed by atoms with Gasteiger partial charge in [0.2, 0.25) is 0 Å². The van der Waals surface area contributed by atoms with Crippen molar-refractivity contribution in [3.8, 4) is 5.75 Å². The van der Waals surface area contributed by atoms with Crippen molar-refractivity contribution < 1.29 is 4.74 Å². The van der Waals surface area contributed by atoms with E-state index < -0.39 is 0 Å². The van der Waals surface area contributed by atoms with Gasteiger partial charge in [-0.2, -0.15) is 0 Å². The van der Waals surface area contributed by atoms with Crippen LogP contribution >= 0.6 is 12.2 Å². The van der Waals surface area contributed by atoms with Crippen LogP contribution in [0.3, 0.4) is 0 Å². The van der Waals surface area contributed by atoms with Crippen LogP contribution < -0.4 is 21.1 Å². The molecule has 5 nitrogen and oxygen atoms in total. The summed E-state index contributed by atoms with van der Waals surface area (Å²) in [6.07, 6.45) is 0. The molecule has 0 saturated carbocycles. The molecule has 1 aromatic rings. The number of hydrogen-bond acceptors (Lipinski definition) is 3. The second-order valence-corrected chi connectivity index (χ2v) is 3.18. The van der Waals surface area contributed by atoms with Gasteiger partial charge in [-0.1, -0.05) is 0 Å². The average molecular weight is 224 g/mol. The number of ether oxygens (including phenoxy) is 1. The van der Waals surface area contributed by atoms with Crippen molar-refractivity contribution in [2.24, 2.45) is 11.5 Å². The molecule has 15 heavy (non-hydrogen) atoms. The molecule has 1 aromatic carbocycles. The highest BCUT2D eigenvalue weighted by Gasteiger charge is 2.11. The van der Waals surface area contributed by atoms with Gasteiger partial charge in [0.15, 0.2) is 11.1 Å². The van der Waals surface area contributed by atoms with E-state index in [1.54, 1.807) is 31.4 Å². The molecule has 0 aliphatic rings. The van der Waals surface area contributed by atoms with E-state index in [-0.39, 0.29) is 11.1 Å². The quantitative estimate of drug-likeness (QED) is 0.390. The van der Waals surface area contributed by atoms with Crippen LogP contribution in [0.25, 0.3) is 0 Å². The van der Waals surface area contributed by atoms with Crippen molar-refractivity contribution in [2.45, 2.75) is 0 Å². The van der Waals surface area contributed by atoms with Crippen LogP contribution in [-0.4, -0.2) is 18.2 Å². The molecule has 0 amide bonds. The molecule has 0 saturated heterocycles. The number of hydrogen-bond donors (Lipinski definition) is 3. The highest BCUT2D eigenvalue weighted by atomic mass is 32.1. The number of nitrogens with one attached hydrogen (secondary N) is 1. The van der Waals surface area contributed by atoms with Crippen LogP contribution in [-0.2, 0) is 0 Å². The summed E-state index contributed by atoms with van der Waals surface area (Å²) in [5.41, 5.74) is 11.4. The summed E-state index contributed by atoms with van der Waals surface area (Å²) in [4.78, 5) is 1.26. The third kappa shape index (κ3) is 2.57. The van der Waals surface area contributed by atoms with Gasteiger partial charge in [0.1, 0.15) is 5.75 Å². The summed E-state index contributed by atoms with van der Waals surface area (Å²) in [5, 5.41) is 7.36. The number of anilines is 1. The lowest BCUT2D eigenvalue weighted by Crippen LogP contribution is -2.44. The van der Waals surface area contributed by atoms with Gasteiger partial charge in [-0.3, -0.25) is 10.3 Å². The maximum Gasteiger partial charge on any atom is 0.199 e. The molecule has 6 heteroatoms. The van der Waals surface area contributed by atoms with Gasteiger partial charge in [-0.25, -0.2) is 0 Å². The van der Waals surface area contributed by atoms with E-state index in [2.05, 4.69) is 0 Å². The van der Waals surface area contributed by atoms with Crippen LogP contribution in [0.4, 0.5) is 5.69 Å². The van der Waals surface area contributed by atoms with Crippen molar-refractivity contribution in [1.29, 1.82) is 5.41 Å². The first-order valence-corrected chi connectivity index (χ1v) is 4.54. The van der Waals surface area contributed by atoms with Crippen molar-refractivity contribution in [2.75, 3.05) is 12.0 Å². The van der Waals surface area contributed by atoms with Gasteiger partial charge >= 0.3 is 0 Å². The molecule has 5 N–H and O–H groups in total. The molecule has 0 fully saturated rings. The topological polar surface area (TPSA) is 88.4 Å². The van der Waals surface area contributed by atoms with Gasteiger partial charge in [-0.05, 0) is 36.5 Å².